The van der Waals surface area contributed by atoms with Crippen molar-refractivity contribution in [3.05, 3.63) is 0 Å². The van der Waals surface area contributed by atoms with Crippen LogP contribution in [0.4, 0.5) is 0 Å². The third-order valence-electron chi connectivity index (χ3n) is 5.95. The minimum Gasteiger partial charge on any atom is -0.462 e. The van der Waals surface area contributed by atoms with E-state index in [9.17, 15) is 9.90 Å². The molecule has 5 heteroatoms. The number of ether oxygens (including phenoxy) is 1. The second-order valence-corrected chi connectivity index (χ2v) is 13.5. The Hall–Kier alpha value is -0.393. The van der Waals surface area contributed by atoms with Crippen LogP contribution in [-0.2, 0) is 14.0 Å². The van der Waals surface area contributed by atoms with Crippen LogP contribution in [0.15, 0.2) is 0 Å². The second kappa shape index (κ2) is 7.24. The number of hydrogen-bond acceptors (Lipinski definition) is 4. The van der Waals surface area contributed by atoms with Gasteiger partial charge in [-0.15, -0.1) is 0 Å². The van der Waals surface area contributed by atoms with Crippen molar-refractivity contribution in [2.75, 3.05) is 0 Å². The monoisotopic (exact) mass is 344 g/mol. The highest BCUT2D eigenvalue weighted by atomic mass is 28.4. The molecule has 0 aromatic heterocycles. The van der Waals surface area contributed by atoms with Crippen molar-refractivity contribution in [3.8, 4) is 0 Å². The first-order valence-electron chi connectivity index (χ1n) is 8.89. The highest BCUT2D eigenvalue weighted by Crippen LogP contribution is 2.41. The number of aliphatic hydroxyl groups excluding tert-OH is 1. The summed E-state index contributed by atoms with van der Waals surface area (Å²) in [5.74, 6) is -0.850. The van der Waals surface area contributed by atoms with Crippen LogP contribution >= 0.6 is 0 Å². The fourth-order valence-corrected chi connectivity index (χ4v) is 4.49. The summed E-state index contributed by atoms with van der Waals surface area (Å²) in [6, 6.07) is 0. The van der Waals surface area contributed by atoms with Gasteiger partial charge in [0.05, 0.1) is 18.1 Å². The van der Waals surface area contributed by atoms with Crippen LogP contribution in [0, 0.1) is 17.8 Å². The molecule has 0 aliphatic carbocycles. The summed E-state index contributed by atoms with van der Waals surface area (Å²) in [5.41, 5.74) is 0. The SMILES string of the molecule is CC[C@H]1OC(=O)C(C)C(O)[C@@H](C)[C@H](O[Si](C)(C)C(C)(C)C)[C@H]1C. The van der Waals surface area contributed by atoms with Crippen LogP contribution < -0.4 is 0 Å². The molecule has 0 saturated carbocycles. The van der Waals surface area contributed by atoms with Crippen molar-refractivity contribution in [3.63, 3.8) is 0 Å². The fraction of sp³-hybridized carbons (Fsp3) is 0.944. The van der Waals surface area contributed by atoms with Crippen molar-refractivity contribution >= 4 is 14.3 Å². The Balaban J connectivity index is 3.16. The van der Waals surface area contributed by atoms with E-state index in [1.54, 1.807) is 6.92 Å². The lowest BCUT2D eigenvalue weighted by Gasteiger charge is -2.46. The summed E-state index contributed by atoms with van der Waals surface area (Å²) in [7, 11) is -1.98. The molecule has 1 fully saturated rings. The van der Waals surface area contributed by atoms with Crippen LogP contribution in [0.5, 0.6) is 0 Å². The molecule has 1 aliphatic heterocycles. The van der Waals surface area contributed by atoms with E-state index in [1.165, 1.54) is 0 Å². The molecule has 1 heterocycles. The lowest BCUT2D eigenvalue weighted by Crippen LogP contribution is -2.54. The molecule has 136 valence electrons. The van der Waals surface area contributed by atoms with Crippen molar-refractivity contribution < 1.29 is 19.1 Å². The number of carbonyl (C=O) groups excluding carboxylic acids is 1. The molecule has 2 unspecified atom stereocenters. The van der Waals surface area contributed by atoms with E-state index in [0.717, 1.165) is 6.42 Å². The number of rotatable bonds is 3. The number of aliphatic hydroxyl groups is 1. The Kier molecular flexibility index (Phi) is 6.50. The van der Waals surface area contributed by atoms with Gasteiger partial charge in [-0.3, -0.25) is 4.79 Å². The summed E-state index contributed by atoms with van der Waals surface area (Å²) in [5, 5.41) is 10.7. The van der Waals surface area contributed by atoms with Crippen molar-refractivity contribution in [2.24, 2.45) is 17.8 Å². The molecule has 6 atom stereocenters. The van der Waals surface area contributed by atoms with E-state index in [2.05, 4.69) is 40.8 Å². The van der Waals surface area contributed by atoms with Gasteiger partial charge in [-0.25, -0.2) is 0 Å². The van der Waals surface area contributed by atoms with E-state index >= 15 is 0 Å². The lowest BCUT2D eigenvalue weighted by molar-refractivity contribution is -0.173. The number of hydrogen-bond donors (Lipinski definition) is 1. The maximum atomic E-state index is 12.2. The van der Waals surface area contributed by atoms with E-state index < -0.39 is 20.3 Å². The first kappa shape index (κ1) is 20.7. The van der Waals surface area contributed by atoms with Crippen LogP contribution in [0.1, 0.15) is 54.9 Å². The molecule has 1 saturated heterocycles. The third-order valence-corrected chi connectivity index (χ3v) is 10.4. The van der Waals surface area contributed by atoms with Gasteiger partial charge in [0, 0.05) is 11.8 Å². The molecule has 0 aromatic carbocycles. The largest absolute Gasteiger partial charge is 0.462 e. The summed E-state index contributed by atoms with van der Waals surface area (Å²) in [4.78, 5) is 12.2. The Bertz CT molecular complexity index is 412. The maximum Gasteiger partial charge on any atom is 0.311 e. The van der Waals surface area contributed by atoms with Gasteiger partial charge < -0.3 is 14.3 Å². The summed E-state index contributed by atoms with van der Waals surface area (Å²) < 4.78 is 12.3. The first-order valence-corrected chi connectivity index (χ1v) is 11.8. The molecule has 0 bridgehead atoms. The van der Waals surface area contributed by atoms with E-state index in [4.69, 9.17) is 9.16 Å². The molecule has 0 radical (unpaired) electrons. The second-order valence-electron chi connectivity index (χ2n) is 8.72. The van der Waals surface area contributed by atoms with Crippen LogP contribution in [0.25, 0.3) is 0 Å². The number of esters is 1. The molecule has 1 rings (SSSR count). The molecule has 0 aromatic rings. The molecular formula is C18H36O4Si. The smallest absolute Gasteiger partial charge is 0.311 e. The number of cyclic esters (lactones) is 1. The van der Waals surface area contributed by atoms with Gasteiger partial charge in [0.1, 0.15) is 6.10 Å². The zero-order valence-corrected chi connectivity index (χ0v) is 17.3. The maximum absolute atomic E-state index is 12.2. The van der Waals surface area contributed by atoms with E-state index in [1.807, 2.05) is 13.8 Å². The van der Waals surface area contributed by atoms with Gasteiger partial charge >= 0.3 is 5.97 Å². The van der Waals surface area contributed by atoms with Gasteiger partial charge in [-0.05, 0) is 31.5 Å². The Labute approximate surface area is 143 Å². The normalized spacial score (nSPS) is 37.0. The Morgan fingerprint density at radius 3 is 2.13 bits per heavy atom. The Morgan fingerprint density at radius 1 is 1.17 bits per heavy atom. The lowest BCUT2D eigenvalue weighted by atomic mass is 9.80. The summed E-state index contributed by atoms with van der Waals surface area (Å²) >= 11 is 0. The summed E-state index contributed by atoms with van der Waals surface area (Å²) in [6.07, 6.45) is -0.238. The zero-order valence-electron chi connectivity index (χ0n) is 16.3. The standard InChI is InChI=1S/C18H36O4Si/c1-10-14-11(2)16(22-23(8,9)18(5,6)7)12(3)15(19)13(4)17(20)21-14/h11-16,19H,10H2,1-9H3/t11-,12+,13?,14+,15?,16+/m0/s1. The molecule has 23 heavy (non-hydrogen) atoms. The van der Waals surface area contributed by atoms with Crippen molar-refractivity contribution in [1.29, 1.82) is 0 Å². The molecule has 0 spiro atoms. The van der Waals surface area contributed by atoms with Gasteiger partial charge in [-0.2, -0.15) is 0 Å². The highest BCUT2D eigenvalue weighted by molar-refractivity contribution is 6.74. The van der Waals surface area contributed by atoms with Crippen LogP contribution in [-0.4, -0.2) is 37.7 Å². The highest BCUT2D eigenvalue weighted by Gasteiger charge is 2.47. The molecule has 1 aliphatic rings. The van der Waals surface area contributed by atoms with Gasteiger partial charge in [0.25, 0.3) is 0 Å². The fourth-order valence-electron chi connectivity index (χ4n) is 3.03. The topological polar surface area (TPSA) is 55.8 Å². The minimum absolute atomic E-state index is 0.0650. The summed E-state index contributed by atoms with van der Waals surface area (Å²) in [6.45, 7) is 19.0. The predicted molar refractivity (Wildman–Crippen MR) is 95.7 cm³/mol. The van der Waals surface area contributed by atoms with E-state index in [0.29, 0.717) is 0 Å². The predicted octanol–water partition coefficient (Wildman–Crippen LogP) is 3.98. The van der Waals surface area contributed by atoms with Gasteiger partial charge in [0.2, 0.25) is 0 Å². The van der Waals surface area contributed by atoms with Gasteiger partial charge in [0.15, 0.2) is 8.32 Å². The third kappa shape index (κ3) is 4.37. The zero-order chi connectivity index (χ0) is 18.2. The molecule has 4 nitrogen and oxygen atoms in total. The van der Waals surface area contributed by atoms with Gasteiger partial charge in [-0.1, -0.05) is 41.5 Å². The van der Waals surface area contributed by atoms with Crippen LogP contribution in [0.2, 0.25) is 18.1 Å². The van der Waals surface area contributed by atoms with E-state index in [-0.39, 0.29) is 35.1 Å². The quantitative estimate of drug-likeness (QED) is 0.621. The first-order chi connectivity index (χ1) is 10.3. The molecular weight excluding hydrogens is 308 g/mol. The minimum atomic E-state index is -1.98. The molecule has 1 N–H and O–H groups in total. The average Bonchev–Trinajstić information content (AvgIpc) is 2.45. The van der Waals surface area contributed by atoms with Crippen molar-refractivity contribution in [2.45, 2.75) is 91.3 Å². The Morgan fingerprint density at radius 2 is 1.70 bits per heavy atom. The molecule has 0 amide bonds. The average molecular weight is 345 g/mol. The van der Waals surface area contributed by atoms with Crippen LogP contribution in [0.3, 0.4) is 0 Å². The van der Waals surface area contributed by atoms with Crippen molar-refractivity contribution in [1.82, 2.24) is 0 Å². The number of carbonyl (C=O) groups is 1.